The average molecular weight is 296 g/mol. The molecule has 0 heterocycles. The molecule has 0 spiro atoms. The molecule has 2 rings (SSSR count). The van der Waals surface area contributed by atoms with Crippen molar-refractivity contribution in [1.29, 1.82) is 0 Å². The maximum Gasteiger partial charge on any atom is 0.0462 e. The highest BCUT2D eigenvalue weighted by atomic mass is 16.5. The Morgan fingerprint density at radius 3 is 1.95 bits per heavy atom. The standard InChI is InChI=1S/C18H36N2O/c1-21-14-8-9-16(19)15-20(17-10-4-2-5-11-17)18-12-6-3-7-13-18/h16-18H,2-15,19H2,1H3. The zero-order chi connectivity index (χ0) is 14.9. The molecule has 0 aromatic rings. The van der Waals surface area contributed by atoms with Crippen molar-refractivity contribution in [1.82, 2.24) is 4.90 Å². The molecule has 124 valence electrons. The van der Waals surface area contributed by atoms with Crippen LogP contribution in [0.4, 0.5) is 0 Å². The van der Waals surface area contributed by atoms with E-state index in [0.717, 1.165) is 38.1 Å². The molecule has 3 nitrogen and oxygen atoms in total. The van der Waals surface area contributed by atoms with Crippen LogP contribution in [-0.2, 0) is 4.74 Å². The first kappa shape index (κ1) is 17.2. The van der Waals surface area contributed by atoms with Crippen LogP contribution in [0, 0.1) is 0 Å². The maximum atomic E-state index is 6.43. The van der Waals surface area contributed by atoms with E-state index < -0.39 is 0 Å². The summed E-state index contributed by atoms with van der Waals surface area (Å²) in [5.74, 6) is 0. The van der Waals surface area contributed by atoms with Crippen LogP contribution in [0.1, 0.15) is 77.0 Å². The van der Waals surface area contributed by atoms with Gasteiger partial charge in [0.05, 0.1) is 0 Å². The Morgan fingerprint density at radius 2 is 1.48 bits per heavy atom. The monoisotopic (exact) mass is 296 g/mol. The number of nitrogens with zero attached hydrogens (tertiary/aromatic N) is 1. The van der Waals surface area contributed by atoms with Gasteiger partial charge in [0.1, 0.15) is 0 Å². The number of rotatable bonds is 8. The van der Waals surface area contributed by atoms with Crippen molar-refractivity contribution in [3.63, 3.8) is 0 Å². The highest BCUT2D eigenvalue weighted by molar-refractivity contribution is 4.86. The lowest BCUT2D eigenvalue weighted by Crippen LogP contribution is -2.50. The van der Waals surface area contributed by atoms with Crippen molar-refractivity contribution in [2.45, 2.75) is 95.2 Å². The molecule has 2 N–H and O–H groups in total. The van der Waals surface area contributed by atoms with E-state index in [4.69, 9.17) is 10.5 Å². The molecular weight excluding hydrogens is 260 g/mol. The van der Waals surface area contributed by atoms with Gasteiger partial charge in [0.15, 0.2) is 0 Å². The molecule has 0 aromatic carbocycles. The van der Waals surface area contributed by atoms with E-state index in [0.29, 0.717) is 6.04 Å². The smallest absolute Gasteiger partial charge is 0.0462 e. The van der Waals surface area contributed by atoms with Crippen LogP contribution < -0.4 is 5.73 Å². The van der Waals surface area contributed by atoms with Gasteiger partial charge in [-0.2, -0.15) is 0 Å². The lowest BCUT2D eigenvalue weighted by atomic mass is 9.88. The van der Waals surface area contributed by atoms with Gasteiger partial charge in [-0.15, -0.1) is 0 Å². The Kier molecular flexibility index (Phi) is 8.05. The molecule has 21 heavy (non-hydrogen) atoms. The van der Waals surface area contributed by atoms with Gasteiger partial charge in [0.25, 0.3) is 0 Å². The molecule has 0 radical (unpaired) electrons. The van der Waals surface area contributed by atoms with Gasteiger partial charge in [0.2, 0.25) is 0 Å². The van der Waals surface area contributed by atoms with Crippen molar-refractivity contribution in [2.24, 2.45) is 5.73 Å². The summed E-state index contributed by atoms with van der Waals surface area (Å²) >= 11 is 0. The van der Waals surface area contributed by atoms with E-state index in [1.165, 1.54) is 64.2 Å². The van der Waals surface area contributed by atoms with Crippen molar-refractivity contribution in [2.75, 3.05) is 20.3 Å². The summed E-state index contributed by atoms with van der Waals surface area (Å²) in [5.41, 5.74) is 6.43. The summed E-state index contributed by atoms with van der Waals surface area (Å²) in [6.07, 6.45) is 16.4. The minimum atomic E-state index is 0.323. The van der Waals surface area contributed by atoms with Gasteiger partial charge >= 0.3 is 0 Å². The van der Waals surface area contributed by atoms with E-state index in [1.54, 1.807) is 7.11 Å². The fourth-order valence-corrected chi connectivity index (χ4v) is 4.27. The van der Waals surface area contributed by atoms with E-state index in [9.17, 15) is 0 Å². The SMILES string of the molecule is COCCCC(N)CN(C1CCCCC1)C1CCCCC1. The van der Waals surface area contributed by atoms with Gasteiger partial charge in [-0.25, -0.2) is 0 Å². The van der Waals surface area contributed by atoms with Crippen molar-refractivity contribution in [3.05, 3.63) is 0 Å². The fraction of sp³-hybridized carbons (Fsp3) is 1.00. The average Bonchev–Trinajstić information content (AvgIpc) is 2.54. The van der Waals surface area contributed by atoms with E-state index >= 15 is 0 Å². The summed E-state index contributed by atoms with van der Waals surface area (Å²) in [7, 11) is 1.78. The third-order valence-corrected chi connectivity index (χ3v) is 5.46. The summed E-state index contributed by atoms with van der Waals surface area (Å²) in [5, 5.41) is 0. The molecule has 0 saturated heterocycles. The zero-order valence-corrected chi connectivity index (χ0v) is 14.1. The largest absolute Gasteiger partial charge is 0.385 e. The number of hydrogen-bond acceptors (Lipinski definition) is 3. The van der Waals surface area contributed by atoms with E-state index in [2.05, 4.69) is 4.90 Å². The second-order valence-corrected chi connectivity index (χ2v) is 7.18. The first-order valence-electron chi connectivity index (χ1n) is 9.31. The normalized spacial score (nSPS) is 23.6. The predicted octanol–water partition coefficient (Wildman–Crippen LogP) is 3.71. The third kappa shape index (κ3) is 5.88. The highest BCUT2D eigenvalue weighted by Gasteiger charge is 2.29. The minimum absolute atomic E-state index is 0.323. The van der Waals surface area contributed by atoms with Crippen LogP contribution in [0.2, 0.25) is 0 Å². The van der Waals surface area contributed by atoms with Crippen LogP contribution in [0.3, 0.4) is 0 Å². The van der Waals surface area contributed by atoms with Crippen molar-refractivity contribution >= 4 is 0 Å². The van der Waals surface area contributed by atoms with Crippen LogP contribution in [0.25, 0.3) is 0 Å². The van der Waals surface area contributed by atoms with Gasteiger partial charge in [-0.3, -0.25) is 4.90 Å². The van der Waals surface area contributed by atoms with Crippen LogP contribution in [0.15, 0.2) is 0 Å². The molecule has 1 atom stereocenters. The Balaban J connectivity index is 1.87. The topological polar surface area (TPSA) is 38.5 Å². The van der Waals surface area contributed by atoms with Crippen LogP contribution in [-0.4, -0.2) is 43.3 Å². The number of nitrogens with two attached hydrogens (primary N) is 1. The van der Waals surface area contributed by atoms with Crippen LogP contribution in [0.5, 0.6) is 0 Å². The van der Waals surface area contributed by atoms with Gasteiger partial charge in [-0.05, 0) is 38.5 Å². The minimum Gasteiger partial charge on any atom is -0.385 e. The predicted molar refractivity (Wildman–Crippen MR) is 89.5 cm³/mol. The highest BCUT2D eigenvalue weighted by Crippen LogP contribution is 2.30. The molecule has 3 heteroatoms. The lowest BCUT2D eigenvalue weighted by molar-refractivity contribution is 0.0723. The van der Waals surface area contributed by atoms with Crippen LogP contribution >= 0.6 is 0 Å². The van der Waals surface area contributed by atoms with Crippen molar-refractivity contribution < 1.29 is 4.74 Å². The molecule has 1 unspecified atom stereocenters. The quantitative estimate of drug-likeness (QED) is 0.694. The third-order valence-electron chi connectivity index (χ3n) is 5.46. The molecular formula is C18H36N2O. The van der Waals surface area contributed by atoms with Gasteiger partial charge in [0, 0.05) is 38.4 Å². The van der Waals surface area contributed by atoms with Gasteiger partial charge < -0.3 is 10.5 Å². The Morgan fingerprint density at radius 1 is 0.952 bits per heavy atom. The summed E-state index contributed by atoms with van der Waals surface area (Å²) < 4.78 is 5.16. The second-order valence-electron chi connectivity index (χ2n) is 7.18. The van der Waals surface area contributed by atoms with E-state index in [1.807, 2.05) is 0 Å². The van der Waals surface area contributed by atoms with Gasteiger partial charge in [-0.1, -0.05) is 38.5 Å². The van der Waals surface area contributed by atoms with Crippen molar-refractivity contribution in [3.8, 4) is 0 Å². The molecule has 2 saturated carbocycles. The Bertz CT molecular complexity index is 242. The molecule has 0 bridgehead atoms. The molecule has 0 amide bonds. The first-order valence-corrected chi connectivity index (χ1v) is 9.31. The summed E-state index contributed by atoms with van der Waals surface area (Å²) in [6, 6.07) is 1.95. The molecule has 0 aliphatic heterocycles. The molecule has 0 aromatic heterocycles. The lowest BCUT2D eigenvalue weighted by Gasteiger charge is -2.43. The fourth-order valence-electron chi connectivity index (χ4n) is 4.27. The Labute approximate surface area is 131 Å². The number of hydrogen-bond donors (Lipinski definition) is 1. The first-order chi connectivity index (χ1) is 10.3. The van der Waals surface area contributed by atoms with E-state index in [-0.39, 0.29) is 0 Å². The second kappa shape index (κ2) is 9.81. The number of methoxy groups -OCH3 is 1. The summed E-state index contributed by atoms with van der Waals surface area (Å²) in [4.78, 5) is 2.83. The number of ether oxygens (including phenoxy) is 1. The molecule has 2 fully saturated rings. The summed E-state index contributed by atoms with van der Waals surface area (Å²) in [6.45, 7) is 1.96. The molecule has 2 aliphatic rings. The molecule has 2 aliphatic carbocycles. The maximum absolute atomic E-state index is 6.43. The Hall–Kier alpha value is -0.120. The zero-order valence-electron chi connectivity index (χ0n) is 14.1.